The molecule has 1 atom stereocenters. The first-order valence-electron chi connectivity index (χ1n) is 9.63. The fourth-order valence-corrected chi connectivity index (χ4v) is 4.01. The van der Waals surface area contributed by atoms with Gasteiger partial charge < -0.3 is 25.6 Å². The molecule has 148 valence electrons. The molecule has 1 aliphatic heterocycles. The van der Waals surface area contributed by atoms with Gasteiger partial charge in [0, 0.05) is 23.7 Å². The number of nitrogens with one attached hydrogen (secondary N) is 2. The second-order valence-electron chi connectivity index (χ2n) is 8.10. The van der Waals surface area contributed by atoms with Crippen molar-refractivity contribution in [2.75, 3.05) is 18.5 Å². The number of β-amino-alcohol motifs (C(OH)–C–C–N with tert-alkyl or cyclic N) is 1. The molecular weight excluding hydrogens is 356 g/mol. The fraction of sp³-hybridized carbons (Fsp3) is 0.409. The quantitative estimate of drug-likeness (QED) is 0.617. The Bertz CT molecular complexity index is 901. The summed E-state index contributed by atoms with van der Waals surface area (Å²) in [6.07, 6.45) is 2.20. The number of hydrogen-bond donors (Lipinski definition) is 4. The van der Waals surface area contributed by atoms with Crippen molar-refractivity contribution in [3.05, 3.63) is 52.6 Å². The van der Waals surface area contributed by atoms with E-state index in [4.69, 9.17) is 4.74 Å². The van der Waals surface area contributed by atoms with Crippen LogP contribution in [0.5, 0.6) is 11.5 Å². The summed E-state index contributed by atoms with van der Waals surface area (Å²) in [5.41, 5.74) is 4.70. The van der Waals surface area contributed by atoms with Gasteiger partial charge >= 0.3 is 0 Å². The molecule has 0 bridgehead atoms. The van der Waals surface area contributed by atoms with Crippen LogP contribution in [0.1, 0.15) is 41.2 Å². The van der Waals surface area contributed by atoms with E-state index < -0.39 is 6.10 Å². The Morgan fingerprint density at radius 1 is 1.18 bits per heavy atom. The average molecular weight is 382 g/mol. The standard InChI is InChI=1S/C22H26N2O4/c1-13-5-14(2)7-15(6-13)10-22(3-4-22)23-11-19(26)17-8-16(25)9-18-21(17)28-12-20(27)24-18/h5-9,19,23,25-26H,3-4,10-12H2,1-2H3,(H,24,27). The van der Waals surface area contributed by atoms with E-state index in [1.807, 2.05) is 0 Å². The van der Waals surface area contributed by atoms with Gasteiger partial charge in [0.2, 0.25) is 0 Å². The molecule has 1 heterocycles. The van der Waals surface area contributed by atoms with Crippen LogP contribution in [0.4, 0.5) is 5.69 Å². The predicted octanol–water partition coefficient (Wildman–Crippen LogP) is 2.74. The third kappa shape index (κ3) is 3.98. The van der Waals surface area contributed by atoms with Crippen LogP contribution in [0.15, 0.2) is 30.3 Å². The van der Waals surface area contributed by atoms with E-state index in [0.717, 1.165) is 19.3 Å². The molecule has 1 unspecified atom stereocenters. The number of carbonyl (C=O) groups is 1. The lowest BCUT2D eigenvalue weighted by atomic mass is 9.99. The van der Waals surface area contributed by atoms with Crippen molar-refractivity contribution < 1.29 is 19.7 Å². The van der Waals surface area contributed by atoms with Crippen LogP contribution in [-0.2, 0) is 11.2 Å². The van der Waals surface area contributed by atoms with E-state index >= 15 is 0 Å². The SMILES string of the molecule is Cc1cc(C)cc(CC2(NCC(O)c3cc(O)cc4c3OCC(=O)N4)CC2)c1. The number of aliphatic hydroxyl groups is 1. The van der Waals surface area contributed by atoms with Crippen LogP contribution in [-0.4, -0.2) is 34.8 Å². The number of phenolic OH excluding ortho intramolecular Hbond substituents is 1. The molecule has 4 N–H and O–H groups in total. The van der Waals surface area contributed by atoms with E-state index in [1.54, 1.807) is 0 Å². The molecule has 0 aromatic heterocycles. The summed E-state index contributed by atoms with van der Waals surface area (Å²) < 4.78 is 5.50. The van der Waals surface area contributed by atoms with Crippen LogP contribution in [0, 0.1) is 13.8 Å². The van der Waals surface area contributed by atoms with Gasteiger partial charge in [0.1, 0.15) is 11.5 Å². The molecule has 2 aromatic rings. The highest BCUT2D eigenvalue weighted by atomic mass is 16.5. The van der Waals surface area contributed by atoms with E-state index in [1.165, 1.54) is 28.8 Å². The van der Waals surface area contributed by atoms with Crippen LogP contribution in [0.25, 0.3) is 0 Å². The van der Waals surface area contributed by atoms with E-state index in [2.05, 4.69) is 42.7 Å². The molecule has 0 saturated heterocycles. The molecule has 6 nitrogen and oxygen atoms in total. The highest BCUT2D eigenvalue weighted by Gasteiger charge is 2.42. The number of benzene rings is 2. The van der Waals surface area contributed by atoms with Gasteiger partial charge in [0.05, 0.1) is 11.8 Å². The number of ether oxygens (including phenoxy) is 1. The first-order valence-corrected chi connectivity index (χ1v) is 9.63. The van der Waals surface area contributed by atoms with Crippen LogP contribution in [0.2, 0.25) is 0 Å². The van der Waals surface area contributed by atoms with E-state index in [0.29, 0.717) is 23.5 Å². The van der Waals surface area contributed by atoms with Gasteiger partial charge in [0.25, 0.3) is 5.91 Å². The summed E-state index contributed by atoms with van der Waals surface area (Å²) in [6, 6.07) is 9.52. The molecule has 4 rings (SSSR count). The van der Waals surface area contributed by atoms with Crippen LogP contribution in [0.3, 0.4) is 0 Å². The van der Waals surface area contributed by atoms with Gasteiger partial charge in [-0.15, -0.1) is 0 Å². The number of amides is 1. The number of rotatable bonds is 6. The molecular formula is C22H26N2O4. The molecule has 0 radical (unpaired) electrons. The van der Waals surface area contributed by atoms with E-state index in [-0.39, 0.29) is 23.8 Å². The fourth-order valence-electron chi connectivity index (χ4n) is 4.01. The molecule has 28 heavy (non-hydrogen) atoms. The maximum absolute atomic E-state index is 11.5. The molecule has 2 aromatic carbocycles. The maximum atomic E-state index is 11.5. The lowest BCUT2D eigenvalue weighted by Crippen LogP contribution is -2.37. The molecule has 1 aliphatic carbocycles. The topological polar surface area (TPSA) is 90.8 Å². The summed E-state index contributed by atoms with van der Waals surface area (Å²) in [5, 5.41) is 26.9. The zero-order valence-corrected chi connectivity index (χ0v) is 16.2. The summed E-state index contributed by atoms with van der Waals surface area (Å²) in [6.45, 7) is 4.47. The Hall–Kier alpha value is -2.57. The van der Waals surface area contributed by atoms with Crippen molar-refractivity contribution in [3.8, 4) is 11.5 Å². The van der Waals surface area contributed by atoms with E-state index in [9.17, 15) is 15.0 Å². The van der Waals surface area contributed by atoms with Crippen molar-refractivity contribution in [3.63, 3.8) is 0 Å². The first-order chi connectivity index (χ1) is 13.3. The third-order valence-corrected chi connectivity index (χ3v) is 5.43. The molecule has 6 heteroatoms. The molecule has 2 aliphatic rings. The number of aryl methyl sites for hydroxylation is 2. The minimum absolute atomic E-state index is 0.00712. The number of hydrogen-bond acceptors (Lipinski definition) is 5. The van der Waals surface area contributed by atoms with Gasteiger partial charge in [-0.2, -0.15) is 0 Å². The van der Waals surface area contributed by atoms with Crippen molar-refractivity contribution in [2.45, 2.75) is 44.8 Å². The largest absolute Gasteiger partial charge is 0.508 e. The Balaban J connectivity index is 1.46. The summed E-state index contributed by atoms with van der Waals surface area (Å²) >= 11 is 0. The van der Waals surface area contributed by atoms with Crippen molar-refractivity contribution >= 4 is 11.6 Å². The number of aromatic hydroxyl groups is 1. The minimum atomic E-state index is -0.854. The number of fused-ring (bicyclic) bond motifs is 1. The predicted molar refractivity (Wildman–Crippen MR) is 107 cm³/mol. The first kappa shape index (κ1) is 18.8. The smallest absolute Gasteiger partial charge is 0.262 e. The number of anilines is 1. The van der Waals surface area contributed by atoms with Crippen LogP contribution >= 0.6 is 0 Å². The molecule has 1 fully saturated rings. The Kier molecular flexibility index (Phi) is 4.77. The lowest BCUT2D eigenvalue weighted by molar-refractivity contribution is -0.118. The Morgan fingerprint density at radius 2 is 1.89 bits per heavy atom. The van der Waals surface area contributed by atoms with Crippen LogP contribution < -0.4 is 15.4 Å². The third-order valence-electron chi connectivity index (χ3n) is 5.43. The van der Waals surface area contributed by atoms with Crippen molar-refractivity contribution in [2.24, 2.45) is 0 Å². The lowest BCUT2D eigenvalue weighted by Gasteiger charge is -2.25. The number of carbonyl (C=O) groups excluding carboxylic acids is 1. The van der Waals surface area contributed by atoms with Gasteiger partial charge in [-0.1, -0.05) is 29.3 Å². The van der Waals surface area contributed by atoms with Gasteiger partial charge in [0.15, 0.2) is 6.61 Å². The Labute approximate surface area is 164 Å². The molecule has 1 amide bonds. The zero-order valence-electron chi connectivity index (χ0n) is 16.2. The van der Waals surface area contributed by atoms with Gasteiger partial charge in [-0.3, -0.25) is 4.79 Å². The highest BCUT2D eigenvalue weighted by Crippen LogP contribution is 2.41. The number of aliphatic hydroxyl groups excluding tert-OH is 1. The number of phenols is 1. The average Bonchev–Trinajstić information content (AvgIpc) is 3.37. The van der Waals surface area contributed by atoms with Gasteiger partial charge in [-0.25, -0.2) is 0 Å². The van der Waals surface area contributed by atoms with Crippen molar-refractivity contribution in [1.82, 2.24) is 5.32 Å². The zero-order chi connectivity index (χ0) is 19.9. The van der Waals surface area contributed by atoms with Gasteiger partial charge in [-0.05, 0) is 44.7 Å². The molecule has 0 spiro atoms. The highest BCUT2D eigenvalue weighted by molar-refractivity contribution is 5.96. The summed E-state index contributed by atoms with van der Waals surface area (Å²) in [5.74, 6) is 0.128. The maximum Gasteiger partial charge on any atom is 0.262 e. The summed E-state index contributed by atoms with van der Waals surface area (Å²) in [4.78, 5) is 11.5. The second kappa shape index (κ2) is 7.11. The normalized spacial score (nSPS) is 18.0. The minimum Gasteiger partial charge on any atom is -0.508 e. The summed E-state index contributed by atoms with van der Waals surface area (Å²) in [7, 11) is 0. The Morgan fingerprint density at radius 3 is 2.57 bits per heavy atom. The monoisotopic (exact) mass is 382 g/mol. The molecule has 1 saturated carbocycles. The second-order valence-corrected chi connectivity index (χ2v) is 8.10. The van der Waals surface area contributed by atoms with Crippen molar-refractivity contribution in [1.29, 1.82) is 0 Å².